The molecule has 6 aromatic rings. The van der Waals surface area contributed by atoms with Crippen LogP contribution in [0.5, 0.6) is 11.8 Å². The van der Waals surface area contributed by atoms with E-state index in [1.807, 2.05) is 78.3 Å². The number of rotatable bonds is 3. The number of benzene rings is 2. The predicted octanol–water partition coefficient (Wildman–Crippen LogP) is 5.93. The van der Waals surface area contributed by atoms with Crippen LogP contribution in [0.25, 0.3) is 22.7 Å². The van der Waals surface area contributed by atoms with E-state index in [4.69, 9.17) is 24.3 Å². The molecule has 7 rings (SSSR count). The number of hydrogen-bond acceptors (Lipinski definition) is 6. The Morgan fingerprint density at radius 1 is 0.914 bits per heavy atom. The van der Waals surface area contributed by atoms with Gasteiger partial charge < -0.3 is 9.15 Å². The summed E-state index contributed by atoms with van der Waals surface area (Å²) in [5.41, 5.74) is 4.99. The Morgan fingerprint density at radius 3 is 2.54 bits per heavy atom. The smallest absolute Gasteiger partial charge is 0.230 e. The van der Waals surface area contributed by atoms with Crippen molar-refractivity contribution in [1.82, 2.24) is 29.4 Å². The highest BCUT2D eigenvalue weighted by Crippen LogP contribution is 2.49. The largest absolute Gasteiger partial charge is 0.468 e. The van der Waals surface area contributed by atoms with E-state index in [0.29, 0.717) is 23.2 Å². The standard InChI is InChI=1S/C26H17BrN6O2/c1-15-20-21(19-12-7-13-34-19)22-24-29-23(17-10-5-6-11-18(17)27)31-32(24)14-28-25(22)35-26(20)33(30-15)16-8-3-2-4-9-16/h2-14,21H,1H3/t21-/m1/s1. The molecule has 35 heavy (non-hydrogen) atoms. The number of para-hydroxylation sites is 1. The fourth-order valence-corrected chi connectivity index (χ4v) is 5.08. The molecule has 0 bridgehead atoms. The minimum Gasteiger partial charge on any atom is -0.468 e. The molecular formula is C26H17BrN6O2. The number of nitrogens with zero attached hydrogens (tertiary/aromatic N) is 6. The molecule has 5 heterocycles. The molecule has 1 atom stereocenters. The van der Waals surface area contributed by atoms with Crippen molar-refractivity contribution in [2.75, 3.05) is 0 Å². The third kappa shape index (κ3) is 3.05. The van der Waals surface area contributed by atoms with Gasteiger partial charge in [-0.1, -0.05) is 46.3 Å². The topological polar surface area (TPSA) is 83.3 Å². The van der Waals surface area contributed by atoms with E-state index in [0.717, 1.165) is 38.3 Å². The van der Waals surface area contributed by atoms with Gasteiger partial charge in [-0.05, 0) is 43.3 Å². The molecule has 9 heteroatoms. The van der Waals surface area contributed by atoms with E-state index in [1.165, 1.54) is 0 Å². The summed E-state index contributed by atoms with van der Waals surface area (Å²) in [7, 11) is 0. The van der Waals surface area contributed by atoms with Crippen molar-refractivity contribution in [1.29, 1.82) is 0 Å². The number of aryl methyl sites for hydroxylation is 1. The average molecular weight is 525 g/mol. The molecule has 2 aromatic carbocycles. The Labute approximate surface area is 208 Å². The molecular weight excluding hydrogens is 508 g/mol. The highest BCUT2D eigenvalue weighted by molar-refractivity contribution is 9.10. The lowest BCUT2D eigenvalue weighted by Gasteiger charge is -2.24. The summed E-state index contributed by atoms with van der Waals surface area (Å²) in [6, 6.07) is 21.6. The van der Waals surface area contributed by atoms with Crippen LogP contribution >= 0.6 is 15.9 Å². The minimum atomic E-state index is -0.311. The van der Waals surface area contributed by atoms with E-state index in [1.54, 1.807) is 17.1 Å². The lowest BCUT2D eigenvalue weighted by Crippen LogP contribution is -2.15. The number of halogens is 1. The van der Waals surface area contributed by atoms with E-state index >= 15 is 0 Å². The molecule has 0 saturated heterocycles. The highest BCUT2D eigenvalue weighted by Gasteiger charge is 2.39. The summed E-state index contributed by atoms with van der Waals surface area (Å²) in [6.07, 6.45) is 3.30. The SMILES string of the molecule is Cc1nn(-c2ccccc2)c2c1[C@@H](c1ccco1)c1c(ncn3nc(-c4ccccc4Br)nc13)O2. The zero-order chi connectivity index (χ0) is 23.5. The lowest BCUT2D eigenvalue weighted by atomic mass is 9.88. The maximum atomic E-state index is 6.42. The van der Waals surface area contributed by atoms with Gasteiger partial charge in [0.2, 0.25) is 11.8 Å². The van der Waals surface area contributed by atoms with Gasteiger partial charge in [0.05, 0.1) is 34.7 Å². The highest BCUT2D eigenvalue weighted by atomic mass is 79.9. The van der Waals surface area contributed by atoms with Crippen LogP contribution in [0, 0.1) is 6.92 Å². The van der Waals surface area contributed by atoms with Crippen molar-refractivity contribution in [3.8, 4) is 28.8 Å². The van der Waals surface area contributed by atoms with Gasteiger partial charge in [0.25, 0.3) is 0 Å². The second-order valence-electron chi connectivity index (χ2n) is 8.25. The second-order valence-corrected chi connectivity index (χ2v) is 9.10. The summed E-state index contributed by atoms with van der Waals surface area (Å²) in [6.45, 7) is 1.98. The van der Waals surface area contributed by atoms with Gasteiger partial charge >= 0.3 is 0 Å². The van der Waals surface area contributed by atoms with Gasteiger partial charge in [-0.25, -0.2) is 19.2 Å². The maximum absolute atomic E-state index is 6.42. The summed E-state index contributed by atoms with van der Waals surface area (Å²) in [5, 5.41) is 9.53. The van der Waals surface area contributed by atoms with Gasteiger partial charge in [0, 0.05) is 10.0 Å². The van der Waals surface area contributed by atoms with Crippen molar-refractivity contribution >= 4 is 21.6 Å². The molecule has 0 amide bonds. The Kier molecular flexibility index (Phi) is 4.40. The number of fused-ring (bicyclic) bond motifs is 4. The lowest BCUT2D eigenvalue weighted by molar-refractivity contribution is 0.392. The fourth-order valence-electron chi connectivity index (χ4n) is 4.62. The van der Waals surface area contributed by atoms with Crippen LogP contribution < -0.4 is 4.74 Å². The first kappa shape index (κ1) is 20.2. The molecule has 1 aliphatic rings. The second kappa shape index (κ2) is 7.64. The molecule has 170 valence electrons. The molecule has 0 aliphatic carbocycles. The molecule has 8 nitrogen and oxygen atoms in total. The van der Waals surface area contributed by atoms with Crippen LogP contribution in [0.3, 0.4) is 0 Å². The van der Waals surface area contributed by atoms with Gasteiger partial charge in [-0.15, -0.1) is 5.10 Å². The van der Waals surface area contributed by atoms with Crippen LogP contribution in [0.4, 0.5) is 0 Å². The Hall–Kier alpha value is -4.24. The van der Waals surface area contributed by atoms with Crippen molar-refractivity contribution < 1.29 is 9.15 Å². The number of furan rings is 1. The fraction of sp³-hybridized carbons (Fsp3) is 0.0769. The molecule has 1 aliphatic heterocycles. The Balaban J connectivity index is 1.49. The first-order valence-corrected chi connectivity index (χ1v) is 11.8. The van der Waals surface area contributed by atoms with Crippen molar-refractivity contribution in [3.05, 3.63) is 106 Å². The third-order valence-corrected chi connectivity index (χ3v) is 6.85. The van der Waals surface area contributed by atoms with Gasteiger partial charge in [0.15, 0.2) is 11.5 Å². The summed E-state index contributed by atoms with van der Waals surface area (Å²) in [5.74, 6) is 2.11. The van der Waals surface area contributed by atoms with Crippen LogP contribution in [0.15, 0.2) is 88.2 Å². The number of aromatic nitrogens is 6. The van der Waals surface area contributed by atoms with Gasteiger partial charge in [0.1, 0.15) is 12.1 Å². The molecule has 0 unspecified atom stereocenters. The van der Waals surface area contributed by atoms with Gasteiger partial charge in [-0.2, -0.15) is 5.10 Å². The number of hydrogen-bond donors (Lipinski definition) is 0. The normalized spacial score (nSPS) is 14.5. The predicted molar refractivity (Wildman–Crippen MR) is 132 cm³/mol. The quantitative estimate of drug-likeness (QED) is 0.285. The van der Waals surface area contributed by atoms with Crippen molar-refractivity contribution in [3.63, 3.8) is 0 Å². The maximum Gasteiger partial charge on any atom is 0.230 e. The molecule has 0 N–H and O–H groups in total. The van der Waals surface area contributed by atoms with E-state index < -0.39 is 0 Å². The van der Waals surface area contributed by atoms with E-state index in [9.17, 15) is 0 Å². The summed E-state index contributed by atoms with van der Waals surface area (Å²) in [4.78, 5) is 9.54. The minimum absolute atomic E-state index is 0.311. The summed E-state index contributed by atoms with van der Waals surface area (Å²) < 4.78 is 16.8. The van der Waals surface area contributed by atoms with E-state index in [2.05, 4.69) is 20.9 Å². The van der Waals surface area contributed by atoms with Crippen molar-refractivity contribution in [2.45, 2.75) is 12.8 Å². The Morgan fingerprint density at radius 2 is 1.74 bits per heavy atom. The molecule has 0 fully saturated rings. The van der Waals surface area contributed by atoms with Gasteiger partial charge in [-0.3, -0.25) is 0 Å². The average Bonchev–Trinajstić information content (AvgIpc) is 3.63. The van der Waals surface area contributed by atoms with Crippen LogP contribution in [0.1, 0.15) is 28.5 Å². The number of ether oxygens (including phenoxy) is 1. The molecule has 4 aromatic heterocycles. The van der Waals surface area contributed by atoms with Crippen LogP contribution in [-0.2, 0) is 0 Å². The molecule has 0 radical (unpaired) electrons. The Bertz CT molecular complexity index is 1710. The zero-order valence-electron chi connectivity index (χ0n) is 18.5. The first-order valence-electron chi connectivity index (χ1n) is 11.1. The molecule has 0 spiro atoms. The monoisotopic (exact) mass is 524 g/mol. The summed E-state index contributed by atoms with van der Waals surface area (Å²) >= 11 is 3.61. The first-order chi connectivity index (χ1) is 17.2. The van der Waals surface area contributed by atoms with Crippen molar-refractivity contribution in [2.24, 2.45) is 0 Å². The molecule has 0 saturated carbocycles. The third-order valence-electron chi connectivity index (χ3n) is 6.16. The van der Waals surface area contributed by atoms with Crippen LogP contribution in [-0.4, -0.2) is 29.4 Å². The zero-order valence-corrected chi connectivity index (χ0v) is 20.0. The van der Waals surface area contributed by atoms with E-state index in [-0.39, 0.29) is 5.92 Å². The van der Waals surface area contributed by atoms with Crippen LogP contribution in [0.2, 0.25) is 0 Å².